The number of rotatable bonds is 8. The lowest BCUT2D eigenvalue weighted by molar-refractivity contribution is 0.253. The quantitative estimate of drug-likeness (QED) is 0.229. The summed E-state index contributed by atoms with van der Waals surface area (Å²) in [5, 5.41) is 15.8. The summed E-state index contributed by atoms with van der Waals surface area (Å²) in [6, 6.07) is 10.9. The monoisotopic (exact) mass is 536 g/mol. The van der Waals surface area contributed by atoms with Crippen LogP contribution in [0.4, 0.5) is 0 Å². The van der Waals surface area contributed by atoms with Gasteiger partial charge in [-0.15, -0.1) is 34.2 Å². The number of nitrogens with one attached hydrogen (secondary N) is 2. The lowest BCUT2D eigenvalue weighted by Crippen LogP contribution is -2.42. The molecule has 1 aromatic heterocycles. The zero-order chi connectivity index (χ0) is 20.7. The molecule has 6 nitrogen and oxygen atoms in total. The first kappa shape index (κ1) is 24.0. The summed E-state index contributed by atoms with van der Waals surface area (Å²) in [5.41, 5.74) is 1.66. The van der Waals surface area contributed by atoms with Crippen LogP contribution in [-0.2, 0) is 24.8 Å². The predicted octanol–water partition coefficient (Wildman–Crippen LogP) is 4.23. The van der Waals surface area contributed by atoms with Crippen molar-refractivity contribution in [3.8, 4) is 0 Å². The molecule has 1 saturated carbocycles. The van der Waals surface area contributed by atoms with Crippen molar-refractivity contribution in [1.29, 1.82) is 0 Å². The Kier molecular flexibility index (Phi) is 9.16. The lowest BCUT2D eigenvalue weighted by atomic mass is 9.64. The number of aliphatic imine (C=N–C) groups is 1. The Morgan fingerprint density at radius 2 is 1.90 bits per heavy atom. The number of hydrogen-bond donors (Lipinski definition) is 2. The van der Waals surface area contributed by atoms with Gasteiger partial charge in [0, 0.05) is 37.9 Å². The normalized spacial score (nSPS) is 17.6. The van der Waals surface area contributed by atoms with Gasteiger partial charge in [-0.05, 0) is 44.6 Å². The van der Waals surface area contributed by atoms with Crippen LogP contribution in [0, 0.1) is 0 Å². The van der Waals surface area contributed by atoms with Gasteiger partial charge in [-0.2, -0.15) is 0 Å². The highest BCUT2D eigenvalue weighted by molar-refractivity contribution is 14.0. The fourth-order valence-corrected chi connectivity index (χ4v) is 4.69. The van der Waals surface area contributed by atoms with Crippen LogP contribution >= 0.6 is 24.0 Å². The van der Waals surface area contributed by atoms with Crippen LogP contribution < -0.4 is 10.6 Å². The van der Waals surface area contributed by atoms with Gasteiger partial charge in [-0.1, -0.05) is 43.2 Å². The SMILES string of the molecule is CCNC(=NCC1(c2ccccc2)CCC1)NCCCc1nnc2n1CCCCC2.I. The van der Waals surface area contributed by atoms with E-state index in [0.29, 0.717) is 0 Å². The minimum atomic E-state index is 0. The van der Waals surface area contributed by atoms with Crippen molar-refractivity contribution in [2.24, 2.45) is 4.99 Å². The molecule has 0 unspecified atom stereocenters. The van der Waals surface area contributed by atoms with E-state index in [1.165, 1.54) is 49.9 Å². The van der Waals surface area contributed by atoms with Gasteiger partial charge in [-0.3, -0.25) is 4.99 Å². The van der Waals surface area contributed by atoms with Crippen LogP contribution in [0.1, 0.15) is 69.1 Å². The Bertz CT molecular complexity index is 828. The molecule has 0 radical (unpaired) electrons. The van der Waals surface area contributed by atoms with E-state index in [2.05, 4.69) is 62.7 Å². The summed E-state index contributed by atoms with van der Waals surface area (Å²) in [6.45, 7) is 5.83. The molecule has 0 atom stereocenters. The van der Waals surface area contributed by atoms with Crippen LogP contribution in [0.2, 0.25) is 0 Å². The van der Waals surface area contributed by atoms with E-state index in [1.54, 1.807) is 0 Å². The van der Waals surface area contributed by atoms with Gasteiger partial charge in [0.1, 0.15) is 11.6 Å². The zero-order valence-electron chi connectivity index (χ0n) is 18.8. The largest absolute Gasteiger partial charge is 0.357 e. The lowest BCUT2D eigenvalue weighted by Gasteiger charge is -2.41. The first-order valence-corrected chi connectivity index (χ1v) is 11.8. The number of hydrogen-bond acceptors (Lipinski definition) is 3. The Balaban J connectivity index is 0.00000272. The number of nitrogens with zero attached hydrogens (tertiary/aromatic N) is 4. The molecular weight excluding hydrogens is 499 g/mol. The van der Waals surface area contributed by atoms with Crippen molar-refractivity contribution in [3.63, 3.8) is 0 Å². The second-order valence-electron chi connectivity index (χ2n) is 8.72. The van der Waals surface area contributed by atoms with Crippen molar-refractivity contribution < 1.29 is 0 Å². The Hall–Kier alpha value is -1.64. The third-order valence-corrected chi connectivity index (χ3v) is 6.64. The summed E-state index contributed by atoms with van der Waals surface area (Å²) < 4.78 is 2.35. The second kappa shape index (κ2) is 11.8. The standard InChI is InChI=1S/C24H36N6.HI/c1-2-25-23(27-19-24(15-10-16-24)20-11-5-3-6-12-20)26-17-9-14-22-29-28-21-13-7-4-8-18-30(21)22;/h3,5-6,11-12H,2,4,7-10,13-19H2,1H3,(H2,25,26,27);1H. The number of aromatic nitrogens is 3. The van der Waals surface area contributed by atoms with Crippen LogP contribution in [-0.4, -0.2) is 40.4 Å². The number of aryl methyl sites for hydroxylation is 2. The minimum absolute atomic E-state index is 0. The minimum Gasteiger partial charge on any atom is -0.357 e. The molecule has 0 amide bonds. The van der Waals surface area contributed by atoms with E-state index < -0.39 is 0 Å². The fourth-order valence-electron chi connectivity index (χ4n) is 4.69. The molecule has 1 aliphatic carbocycles. The summed E-state index contributed by atoms with van der Waals surface area (Å²) in [5.74, 6) is 3.25. The van der Waals surface area contributed by atoms with Gasteiger partial charge in [-0.25, -0.2) is 0 Å². The summed E-state index contributed by atoms with van der Waals surface area (Å²) in [4.78, 5) is 4.96. The molecule has 0 spiro atoms. The van der Waals surface area contributed by atoms with Crippen LogP contribution in [0.15, 0.2) is 35.3 Å². The molecule has 2 N–H and O–H groups in total. The van der Waals surface area contributed by atoms with Gasteiger partial charge in [0.25, 0.3) is 0 Å². The number of halogens is 1. The second-order valence-corrected chi connectivity index (χ2v) is 8.72. The highest BCUT2D eigenvalue weighted by atomic mass is 127. The average molecular weight is 537 g/mol. The van der Waals surface area contributed by atoms with E-state index >= 15 is 0 Å². The van der Waals surface area contributed by atoms with Crippen molar-refractivity contribution in [3.05, 3.63) is 47.5 Å². The summed E-state index contributed by atoms with van der Waals surface area (Å²) >= 11 is 0. The van der Waals surface area contributed by atoms with Crippen LogP contribution in [0.5, 0.6) is 0 Å². The molecule has 2 heterocycles. The predicted molar refractivity (Wildman–Crippen MR) is 137 cm³/mol. The molecule has 1 aliphatic heterocycles. The number of guanidine groups is 1. The van der Waals surface area contributed by atoms with Crippen molar-refractivity contribution in [2.75, 3.05) is 19.6 Å². The molecule has 0 bridgehead atoms. The molecule has 0 saturated heterocycles. The Morgan fingerprint density at radius 1 is 1.06 bits per heavy atom. The smallest absolute Gasteiger partial charge is 0.191 e. The third kappa shape index (κ3) is 5.99. The van der Waals surface area contributed by atoms with E-state index in [1.807, 2.05) is 0 Å². The van der Waals surface area contributed by atoms with Gasteiger partial charge >= 0.3 is 0 Å². The van der Waals surface area contributed by atoms with E-state index in [9.17, 15) is 0 Å². The topological polar surface area (TPSA) is 67.1 Å². The highest BCUT2D eigenvalue weighted by Crippen LogP contribution is 2.43. The Labute approximate surface area is 203 Å². The average Bonchev–Trinajstić information content (AvgIpc) is 2.97. The maximum absolute atomic E-state index is 4.96. The van der Waals surface area contributed by atoms with E-state index in [-0.39, 0.29) is 29.4 Å². The molecule has 1 fully saturated rings. The molecule has 2 aromatic rings. The first-order valence-electron chi connectivity index (χ1n) is 11.8. The van der Waals surface area contributed by atoms with Gasteiger partial charge in [0.05, 0.1) is 6.54 Å². The molecule has 7 heteroatoms. The maximum Gasteiger partial charge on any atom is 0.191 e. The summed E-state index contributed by atoms with van der Waals surface area (Å²) in [7, 11) is 0. The third-order valence-electron chi connectivity index (χ3n) is 6.64. The molecule has 1 aromatic carbocycles. The first-order chi connectivity index (χ1) is 14.8. The summed E-state index contributed by atoms with van der Waals surface area (Å²) in [6.07, 6.45) is 10.6. The van der Waals surface area contributed by atoms with Gasteiger partial charge in [0.15, 0.2) is 5.96 Å². The molecule has 170 valence electrons. The van der Waals surface area contributed by atoms with Gasteiger partial charge < -0.3 is 15.2 Å². The molecular formula is C24H37IN6. The maximum atomic E-state index is 4.96. The molecule has 31 heavy (non-hydrogen) atoms. The fraction of sp³-hybridized carbons (Fsp3) is 0.625. The highest BCUT2D eigenvalue weighted by Gasteiger charge is 2.38. The van der Waals surface area contributed by atoms with E-state index in [0.717, 1.165) is 57.2 Å². The van der Waals surface area contributed by atoms with Gasteiger partial charge in [0.2, 0.25) is 0 Å². The van der Waals surface area contributed by atoms with Crippen LogP contribution in [0.25, 0.3) is 0 Å². The van der Waals surface area contributed by atoms with Crippen LogP contribution in [0.3, 0.4) is 0 Å². The van der Waals surface area contributed by atoms with E-state index in [4.69, 9.17) is 4.99 Å². The van der Waals surface area contributed by atoms with Crippen molar-refractivity contribution in [1.82, 2.24) is 25.4 Å². The van der Waals surface area contributed by atoms with Crippen molar-refractivity contribution >= 4 is 29.9 Å². The Morgan fingerprint density at radius 3 is 2.65 bits per heavy atom. The number of fused-ring (bicyclic) bond motifs is 1. The van der Waals surface area contributed by atoms with Crippen molar-refractivity contribution in [2.45, 2.75) is 76.7 Å². The zero-order valence-corrected chi connectivity index (χ0v) is 21.1. The number of benzene rings is 1. The molecule has 2 aliphatic rings. The molecule has 4 rings (SSSR count).